The lowest BCUT2D eigenvalue weighted by molar-refractivity contribution is 0.592. The summed E-state index contributed by atoms with van der Waals surface area (Å²) >= 11 is 0. The van der Waals surface area contributed by atoms with E-state index >= 15 is 18.3 Å². The van der Waals surface area contributed by atoms with Crippen molar-refractivity contribution in [3.63, 3.8) is 0 Å². The molecule has 0 amide bonds. The van der Waals surface area contributed by atoms with Gasteiger partial charge in [0.05, 0.1) is 0 Å². The normalized spacial score (nSPS) is 19.3. The molecule has 4 unspecified atom stereocenters. The molecule has 0 radical (unpaired) electrons. The second-order valence-electron chi connectivity index (χ2n) is 24.4. The highest BCUT2D eigenvalue weighted by atomic mass is 31.2. The Bertz CT molecular complexity index is 5830. The average molecular weight is 1310 g/mol. The van der Waals surface area contributed by atoms with Crippen LogP contribution in [-0.4, -0.2) is 29.9 Å². The molecule has 0 aliphatic carbocycles. The molecule has 0 bridgehead atoms. The predicted octanol–water partition coefficient (Wildman–Crippen LogP) is 16.7. The summed E-state index contributed by atoms with van der Waals surface area (Å²) in [6, 6.07) is 79.3. The Morgan fingerprint density at radius 2 is 0.521 bits per heavy atom. The van der Waals surface area contributed by atoms with Gasteiger partial charge in [0.15, 0.2) is 28.6 Å². The summed E-state index contributed by atoms with van der Waals surface area (Å²) in [6.07, 6.45) is 20.9. The minimum atomic E-state index is -3.99. The number of benzene rings is 8. The molecule has 4 aliphatic heterocycles. The Kier molecular flexibility index (Phi) is 13.4. The van der Waals surface area contributed by atoms with Crippen LogP contribution in [0.4, 0.5) is 0 Å². The summed E-state index contributed by atoms with van der Waals surface area (Å²) in [5, 5.41) is 6.85. The van der Waals surface area contributed by atoms with Gasteiger partial charge in [-0.25, -0.2) is 0 Å². The highest BCUT2D eigenvalue weighted by Crippen LogP contribution is 2.79. The fourth-order valence-electron chi connectivity index (χ4n) is 14.9. The van der Waals surface area contributed by atoms with E-state index in [9.17, 15) is 0 Å². The number of nitrogens with zero attached hydrogens (tertiary/aromatic N) is 6. The Morgan fingerprint density at radius 3 is 0.979 bits per heavy atom. The summed E-state index contributed by atoms with van der Waals surface area (Å²) in [5.41, 5.74) is 14.1. The van der Waals surface area contributed by atoms with Gasteiger partial charge in [0, 0.05) is 166 Å². The van der Waals surface area contributed by atoms with Crippen molar-refractivity contribution in [1.29, 1.82) is 0 Å². The van der Waals surface area contributed by atoms with Crippen molar-refractivity contribution in [3.8, 4) is 77.9 Å². The molecule has 14 heteroatoms. The molecule has 18 rings (SSSR count). The van der Waals surface area contributed by atoms with Gasteiger partial charge in [-0.2, -0.15) is 0 Å². The Balaban J connectivity index is 0.848. The molecule has 96 heavy (non-hydrogen) atoms. The molecule has 0 fully saturated rings. The molecule has 0 saturated carbocycles. The molecule has 10 heterocycles. The highest BCUT2D eigenvalue weighted by Gasteiger charge is 2.57. The van der Waals surface area contributed by atoms with Crippen LogP contribution < -0.4 is 42.4 Å². The van der Waals surface area contributed by atoms with Crippen molar-refractivity contribution in [2.75, 3.05) is 0 Å². The molecule has 10 nitrogen and oxygen atoms in total. The maximum atomic E-state index is 17.7. The van der Waals surface area contributed by atoms with E-state index in [1.807, 2.05) is 188 Å². The Hall–Kier alpha value is -10.9. The van der Waals surface area contributed by atoms with Crippen molar-refractivity contribution < 1.29 is 18.3 Å². The van der Waals surface area contributed by atoms with Gasteiger partial charge in [0.25, 0.3) is 0 Å². The SMILES string of the molecule is O=P1(c2ccccc2)C2=C(c3ccc(-c4ccccc4)cc31)P(=O)(c1cccc(-c3cncc(-c4cc5c(cc4-c4cccnc4)P(=O)(c4cccnc4)C4=C5P(=O)(c5cccnc5)c5cc(-c6cccnc6)c(-c6cccnc6)cc54)c3)c1)c1cc(-c3ccccc3)ccc12. The fraction of sp³-hybridized carbons (Fsp3) is 0. The van der Waals surface area contributed by atoms with Crippen LogP contribution in [0.1, 0.15) is 22.3 Å². The lowest BCUT2D eigenvalue weighted by Gasteiger charge is -2.25. The van der Waals surface area contributed by atoms with Crippen LogP contribution in [0.25, 0.3) is 99.1 Å². The minimum absolute atomic E-state index is 0.483. The van der Waals surface area contributed by atoms with E-state index in [1.165, 1.54) is 0 Å². The lowest BCUT2D eigenvalue weighted by atomic mass is 9.92. The minimum Gasteiger partial charge on any atom is -0.309 e. The van der Waals surface area contributed by atoms with Crippen LogP contribution in [0.5, 0.6) is 0 Å². The molecule has 4 aliphatic rings. The van der Waals surface area contributed by atoms with E-state index in [4.69, 9.17) is 4.98 Å². The van der Waals surface area contributed by atoms with Gasteiger partial charge in [0.2, 0.25) is 0 Å². The highest BCUT2D eigenvalue weighted by molar-refractivity contribution is 7.97. The third-order valence-corrected chi connectivity index (χ3v) is 32.2. The zero-order chi connectivity index (χ0) is 64.3. The monoisotopic (exact) mass is 1310 g/mol. The first kappa shape index (κ1) is 57.7. The molecule has 8 aromatic carbocycles. The standard InChI is InChI=1S/C82H52N6O4P4/c89-93(63-24-8-3-9-25-63)75-40-56(53-16-4-1-5-17-53)29-31-67(75)80-79(93)68-32-30-57(54-18-6-2-7-19-54)41-76(68)94(80,90)64-26-10-20-55(39-64)61-38-62(50-88-49-61)70-43-74-78(45-72(70)60-23-13-35-85-48-60)96(92,66-28-15-37-87-52-66)81-73-42-69(58-21-11-33-83-46-58)71(59-22-12-34-84-47-59)44-77(73)95(91,82(74)81)65-27-14-36-86-51-65/h1-52H. The van der Waals surface area contributed by atoms with E-state index in [2.05, 4.69) is 85.6 Å². The predicted molar refractivity (Wildman–Crippen MR) is 391 cm³/mol. The van der Waals surface area contributed by atoms with Crippen molar-refractivity contribution in [3.05, 3.63) is 339 Å². The first-order valence-electron chi connectivity index (χ1n) is 31.5. The zero-order valence-corrected chi connectivity index (χ0v) is 54.7. The van der Waals surface area contributed by atoms with Gasteiger partial charge < -0.3 is 18.3 Å². The van der Waals surface area contributed by atoms with Gasteiger partial charge in [-0.15, -0.1) is 0 Å². The van der Waals surface area contributed by atoms with Crippen LogP contribution in [0.3, 0.4) is 0 Å². The Morgan fingerprint density at radius 1 is 0.188 bits per heavy atom. The summed E-state index contributed by atoms with van der Waals surface area (Å²) in [6.45, 7) is 0. The number of fused-ring (bicyclic) bond motifs is 8. The first-order valence-corrected chi connectivity index (χ1v) is 38.3. The van der Waals surface area contributed by atoms with Crippen LogP contribution in [-0.2, 0) is 18.3 Å². The molecule has 4 atom stereocenters. The van der Waals surface area contributed by atoms with Crippen molar-refractivity contribution in [2.24, 2.45) is 0 Å². The van der Waals surface area contributed by atoms with E-state index in [0.29, 0.717) is 80.4 Å². The summed E-state index contributed by atoms with van der Waals surface area (Å²) in [5.74, 6) is 0. The van der Waals surface area contributed by atoms with Crippen molar-refractivity contribution in [2.45, 2.75) is 0 Å². The average Bonchev–Trinajstić information content (AvgIpc) is 1.51. The largest absolute Gasteiger partial charge is 0.309 e. The van der Waals surface area contributed by atoms with Crippen LogP contribution in [0, 0.1) is 0 Å². The second kappa shape index (κ2) is 22.4. The molecule has 0 spiro atoms. The number of aromatic nitrogens is 6. The van der Waals surface area contributed by atoms with Gasteiger partial charge in [-0.05, 0) is 163 Å². The van der Waals surface area contributed by atoms with Crippen molar-refractivity contribution >= 4 is 92.3 Å². The molecule has 454 valence electrons. The molecular weight excluding hydrogens is 1260 g/mol. The summed E-state index contributed by atoms with van der Waals surface area (Å²) < 4.78 is 69.7. The lowest BCUT2D eigenvalue weighted by Crippen LogP contribution is -2.22. The molecule has 14 aromatic rings. The van der Waals surface area contributed by atoms with Gasteiger partial charge in [0.1, 0.15) is 0 Å². The van der Waals surface area contributed by atoms with Gasteiger partial charge in [-0.1, -0.05) is 152 Å². The first-order chi connectivity index (χ1) is 47.1. The van der Waals surface area contributed by atoms with Crippen LogP contribution in [0.2, 0.25) is 0 Å². The second-order valence-corrected chi connectivity index (χ2v) is 35.0. The molecular formula is C82H52N6O4P4. The zero-order valence-electron chi connectivity index (χ0n) is 51.1. The van der Waals surface area contributed by atoms with E-state index in [-0.39, 0.29) is 0 Å². The number of hydrogen-bond acceptors (Lipinski definition) is 10. The molecule has 6 aromatic heterocycles. The van der Waals surface area contributed by atoms with E-state index in [1.54, 1.807) is 67.9 Å². The fourth-order valence-corrected chi connectivity index (χ4v) is 29.4. The number of hydrogen-bond donors (Lipinski definition) is 0. The third-order valence-electron chi connectivity index (χ3n) is 19.2. The number of rotatable bonds is 11. The maximum absolute atomic E-state index is 17.7. The van der Waals surface area contributed by atoms with Gasteiger partial charge in [-0.3, -0.25) is 29.9 Å². The number of pyridine rings is 6. The van der Waals surface area contributed by atoms with Crippen LogP contribution in [0.15, 0.2) is 317 Å². The third kappa shape index (κ3) is 8.60. The van der Waals surface area contributed by atoms with E-state index < -0.39 is 28.6 Å². The molecule has 0 saturated heterocycles. The molecule has 0 N–H and O–H groups in total. The summed E-state index contributed by atoms with van der Waals surface area (Å²) in [4.78, 5) is 27.9. The smallest absolute Gasteiger partial charge is 0.174 e. The van der Waals surface area contributed by atoms with Crippen molar-refractivity contribution in [1.82, 2.24) is 29.9 Å². The topological polar surface area (TPSA) is 146 Å². The quantitative estimate of drug-likeness (QED) is 0.115. The summed E-state index contributed by atoms with van der Waals surface area (Å²) in [7, 11) is -15.6. The van der Waals surface area contributed by atoms with Crippen LogP contribution >= 0.6 is 28.6 Å². The van der Waals surface area contributed by atoms with E-state index in [0.717, 1.165) is 83.5 Å². The van der Waals surface area contributed by atoms with Gasteiger partial charge >= 0.3 is 0 Å². The maximum Gasteiger partial charge on any atom is 0.174 e. The Labute approximate surface area is 554 Å².